The molecule has 0 unspecified atom stereocenters. The van der Waals surface area contributed by atoms with Crippen LogP contribution in [0.5, 0.6) is 0 Å². The van der Waals surface area contributed by atoms with Crippen molar-refractivity contribution in [3.8, 4) is 0 Å². The molecule has 0 heterocycles. The van der Waals surface area contributed by atoms with E-state index in [2.05, 4.69) is 0 Å². The number of hydrogen-bond acceptors (Lipinski definition) is 4. The topological polar surface area (TPSA) is 114 Å². The Morgan fingerprint density at radius 2 is 1.00 bits per heavy atom. The van der Waals surface area contributed by atoms with Gasteiger partial charge >= 0.3 is 0 Å². The number of benzene rings is 1. The van der Waals surface area contributed by atoms with Gasteiger partial charge in [0, 0.05) is 0 Å². The summed E-state index contributed by atoms with van der Waals surface area (Å²) in [6, 6.07) is 12.0. The number of hydrogen-bond donors (Lipinski definition) is 1. The first-order valence-corrected chi connectivity index (χ1v) is 2.77. The summed E-state index contributed by atoms with van der Waals surface area (Å²) in [5.74, 6) is 0. The van der Waals surface area contributed by atoms with Crippen LogP contribution in [-0.2, 0) is 0 Å². The van der Waals surface area contributed by atoms with E-state index >= 15 is 0 Å². The van der Waals surface area contributed by atoms with Gasteiger partial charge in [0.1, 0.15) is 0 Å². The van der Waals surface area contributed by atoms with E-state index in [1.165, 1.54) is 0 Å². The van der Waals surface area contributed by atoms with Gasteiger partial charge in [-0.25, -0.2) is 0 Å². The average molecular weight is 169 g/mol. The summed E-state index contributed by atoms with van der Waals surface area (Å²) < 4.78 is 0. The second-order valence-corrected chi connectivity index (χ2v) is 1.38. The van der Waals surface area contributed by atoms with Gasteiger partial charge in [-0.2, -0.15) is 0 Å². The first kappa shape index (κ1) is 12.5. The molecule has 0 amide bonds. The van der Waals surface area contributed by atoms with Crippen LogP contribution in [0.15, 0.2) is 36.4 Å². The zero-order chi connectivity index (χ0) is 9.82. The molecule has 0 aliphatic heterocycles. The fourth-order valence-corrected chi connectivity index (χ4v) is 0.385. The Bertz CT molecular complexity index is 181. The van der Waals surface area contributed by atoms with E-state index in [0.717, 1.165) is 0 Å². The Morgan fingerprint density at radius 3 is 1.08 bits per heavy atom. The van der Waals surface area contributed by atoms with E-state index in [9.17, 15) is 0 Å². The van der Waals surface area contributed by atoms with Crippen LogP contribution in [-0.4, -0.2) is 5.09 Å². The van der Waals surface area contributed by atoms with Gasteiger partial charge in [-0.1, -0.05) is 36.4 Å². The highest BCUT2D eigenvalue weighted by molar-refractivity contribution is 4.99. The Labute approximate surface area is 68.6 Å². The van der Waals surface area contributed by atoms with E-state index in [0.29, 0.717) is 0 Å². The molecule has 0 aliphatic rings. The van der Waals surface area contributed by atoms with Gasteiger partial charge in [0.25, 0.3) is 0 Å². The average Bonchev–Trinajstić information content (AvgIpc) is 2.10. The van der Waals surface area contributed by atoms with Gasteiger partial charge in [0.05, 0.1) is 10.5 Å². The molecule has 12 heavy (non-hydrogen) atoms. The molecule has 6 heteroatoms. The number of rotatable bonds is 0. The van der Waals surface area contributed by atoms with Crippen LogP contribution in [0.25, 0.3) is 0 Å². The van der Waals surface area contributed by atoms with E-state index in [1.54, 1.807) is 0 Å². The summed E-state index contributed by atoms with van der Waals surface area (Å²) in [5, 5.41) is 25.8. The van der Waals surface area contributed by atoms with E-state index < -0.39 is 5.09 Å². The summed E-state index contributed by atoms with van der Waals surface area (Å²) in [4.78, 5) is 8.25. The molecule has 1 rings (SSSR count). The van der Waals surface area contributed by atoms with Crippen molar-refractivity contribution in [2.75, 3.05) is 0 Å². The minimum Gasteiger partial charge on any atom is -0.356 e. The lowest BCUT2D eigenvalue weighted by molar-refractivity contribution is -0.402. The SMILES string of the molecule is N#[NH+].O=[N+]([O-])[O-].c1ccccc1. The molecule has 64 valence electrons. The van der Waals surface area contributed by atoms with Crippen molar-refractivity contribution in [3.63, 3.8) is 0 Å². The molecule has 0 spiro atoms. The molecule has 0 saturated carbocycles. The predicted octanol–water partition coefficient (Wildman–Crippen LogP) is -0.273. The highest BCUT2D eigenvalue weighted by Crippen LogP contribution is 1.79. The quantitative estimate of drug-likeness (QED) is 0.327. The Hall–Kier alpha value is -2.16. The van der Waals surface area contributed by atoms with Crippen molar-refractivity contribution in [1.82, 2.24) is 0 Å². The zero-order valence-corrected chi connectivity index (χ0v) is 6.08. The van der Waals surface area contributed by atoms with E-state index in [-0.39, 0.29) is 0 Å². The maximum atomic E-state index is 8.25. The van der Waals surface area contributed by atoms with Gasteiger partial charge in [-0.3, -0.25) is 0 Å². The standard InChI is InChI=1S/C6H6.N2.NO3/c1-2-4-6-5-3-1;1-2;2-1(3)4/h1-6H;;/q;;-1/p+1. The molecule has 1 aromatic carbocycles. The van der Waals surface area contributed by atoms with Crippen LogP contribution in [0, 0.1) is 20.7 Å². The van der Waals surface area contributed by atoms with Crippen LogP contribution in [0.2, 0.25) is 0 Å². The lowest BCUT2D eigenvalue weighted by Gasteiger charge is -1.74. The summed E-state index contributed by atoms with van der Waals surface area (Å²) in [7, 11) is 0. The van der Waals surface area contributed by atoms with Crippen LogP contribution in [0.1, 0.15) is 0 Å². The van der Waals surface area contributed by atoms with Crippen molar-refractivity contribution in [2.45, 2.75) is 0 Å². The van der Waals surface area contributed by atoms with Crippen molar-refractivity contribution in [2.24, 2.45) is 0 Å². The van der Waals surface area contributed by atoms with Gasteiger partial charge in [-0.05, 0) is 0 Å². The van der Waals surface area contributed by atoms with Gasteiger partial charge in [0.15, 0.2) is 0 Å². The first-order valence-electron chi connectivity index (χ1n) is 2.77. The van der Waals surface area contributed by atoms with Crippen molar-refractivity contribution in [3.05, 3.63) is 51.7 Å². The van der Waals surface area contributed by atoms with Gasteiger partial charge < -0.3 is 15.3 Å². The van der Waals surface area contributed by atoms with Crippen LogP contribution >= 0.6 is 0 Å². The molecule has 0 aromatic heterocycles. The molecule has 1 N–H and O–H groups in total. The smallest absolute Gasteiger partial charge is 0.212 e. The van der Waals surface area contributed by atoms with Crippen LogP contribution < -0.4 is 5.39 Å². The minimum absolute atomic E-state index is 1.75. The summed E-state index contributed by atoms with van der Waals surface area (Å²) in [5.41, 5.74) is 0. The fourth-order valence-electron chi connectivity index (χ4n) is 0.385. The third-order valence-corrected chi connectivity index (χ3v) is 0.667. The number of nitrogens with zero attached hydrogens (tertiary/aromatic N) is 2. The second kappa shape index (κ2) is 11.6. The van der Waals surface area contributed by atoms with E-state index in [4.69, 9.17) is 26.1 Å². The van der Waals surface area contributed by atoms with Crippen molar-refractivity contribution >= 4 is 0 Å². The highest BCUT2D eigenvalue weighted by Gasteiger charge is 1.57. The maximum Gasteiger partial charge on any atom is 0.212 e. The molecule has 0 radical (unpaired) electrons. The molecule has 0 bridgehead atoms. The van der Waals surface area contributed by atoms with Crippen molar-refractivity contribution < 1.29 is 10.5 Å². The molecule has 0 atom stereocenters. The van der Waals surface area contributed by atoms with E-state index in [1.807, 2.05) is 36.4 Å². The zero-order valence-electron chi connectivity index (χ0n) is 6.08. The molecular formula is C6H7N3O3. The van der Waals surface area contributed by atoms with Gasteiger partial charge in [-0.15, -0.1) is 0 Å². The van der Waals surface area contributed by atoms with Crippen molar-refractivity contribution in [1.29, 1.82) is 5.39 Å². The lowest BCUT2D eigenvalue weighted by atomic mass is 10.4. The van der Waals surface area contributed by atoms with Crippen LogP contribution in [0.3, 0.4) is 0 Å². The lowest BCUT2D eigenvalue weighted by Crippen LogP contribution is -2.11. The Morgan fingerprint density at radius 1 is 0.917 bits per heavy atom. The Balaban J connectivity index is 0. The predicted molar refractivity (Wildman–Crippen MR) is 39.5 cm³/mol. The molecule has 1 aromatic rings. The largest absolute Gasteiger partial charge is 0.356 e. The highest BCUT2D eigenvalue weighted by atomic mass is 16.9. The molecule has 0 fully saturated rings. The molecular weight excluding hydrogens is 162 g/mol. The minimum atomic E-state index is -1.75. The third kappa shape index (κ3) is 24.9. The fraction of sp³-hybridized carbons (Fsp3) is 0. The second-order valence-electron chi connectivity index (χ2n) is 1.38. The summed E-state index contributed by atoms with van der Waals surface area (Å²) in [6.07, 6.45) is 0. The summed E-state index contributed by atoms with van der Waals surface area (Å²) >= 11 is 0. The van der Waals surface area contributed by atoms with Gasteiger partial charge in [0.2, 0.25) is 5.39 Å². The normalized spacial score (nSPS) is 6.17. The van der Waals surface area contributed by atoms with Crippen LogP contribution in [0.4, 0.5) is 0 Å². The molecule has 0 saturated heterocycles. The number of nitrogens with one attached hydrogen (secondary N) is 1. The summed E-state index contributed by atoms with van der Waals surface area (Å²) in [6.45, 7) is 0. The maximum absolute atomic E-state index is 8.25. The molecule has 6 nitrogen and oxygen atoms in total. The third-order valence-electron chi connectivity index (χ3n) is 0.667. The Kier molecular flexibility index (Phi) is 12.1. The number of diazo groups is 1. The molecule has 0 aliphatic carbocycles. The monoisotopic (exact) mass is 169 g/mol. The first-order chi connectivity index (χ1) is 5.73.